The molecule has 1 aliphatic heterocycles. The van der Waals surface area contributed by atoms with E-state index in [1.807, 2.05) is 19.9 Å². The summed E-state index contributed by atoms with van der Waals surface area (Å²) in [5, 5.41) is 17.7. The number of ether oxygens (including phenoxy) is 1. The smallest absolute Gasteiger partial charge is 0.276 e. The van der Waals surface area contributed by atoms with Crippen LogP contribution in [0.3, 0.4) is 0 Å². The minimum Gasteiger partial charge on any atom is -0.467 e. The molecule has 3 heterocycles. The third-order valence-electron chi connectivity index (χ3n) is 4.06. The fraction of sp³-hybridized carbons (Fsp3) is 0.533. The highest BCUT2D eigenvalue weighted by Gasteiger charge is 2.30. The summed E-state index contributed by atoms with van der Waals surface area (Å²) in [6, 6.07) is 1.57. The van der Waals surface area contributed by atoms with Gasteiger partial charge in [0.25, 0.3) is 5.91 Å². The number of hydrogen-bond donors (Lipinski definition) is 1. The van der Waals surface area contributed by atoms with E-state index in [0.29, 0.717) is 19.7 Å². The first-order valence-corrected chi connectivity index (χ1v) is 7.60. The van der Waals surface area contributed by atoms with Gasteiger partial charge in [-0.2, -0.15) is 0 Å². The lowest BCUT2D eigenvalue weighted by molar-refractivity contribution is 0.0734. The largest absolute Gasteiger partial charge is 0.467 e. The number of carbonyl (C=O) groups excluding carboxylic acids is 1. The number of amides is 1. The topological polar surface area (TPSA) is 93.6 Å². The Morgan fingerprint density at radius 1 is 1.52 bits per heavy atom. The van der Waals surface area contributed by atoms with Gasteiger partial charge in [0.15, 0.2) is 5.69 Å². The second kappa shape index (κ2) is 6.51. The number of hydrogen-bond acceptors (Lipinski definition) is 6. The molecule has 0 unspecified atom stereocenters. The third-order valence-corrected chi connectivity index (χ3v) is 4.06. The van der Waals surface area contributed by atoms with Gasteiger partial charge < -0.3 is 19.2 Å². The van der Waals surface area contributed by atoms with Gasteiger partial charge in [0, 0.05) is 6.54 Å². The molecule has 23 heavy (non-hydrogen) atoms. The second-order valence-corrected chi connectivity index (χ2v) is 5.60. The van der Waals surface area contributed by atoms with Crippen LogP contribution in [0.1, 0.15) is 34.8 Å². The van der Waals surface area contributed by atoms with E-state index in [4.69, 9.17) is 9.15 Å². The van der Waals surface area contributed by atoms with E-state index in [2.05, 4.69) is 10.3 Å². The average molecular weight is 320 g/mol. The summed E-state index contributed by atoms with van der Waals surface area (Å²) in [6.07, 6.45) is 2.54. The normalized spacial score (nSPS) is 20.8. The molecule has 2 aromatic rings. The van der Waals surface area contributed by atoms with Gasteiger partial charge in [0.1, 0.15) is 17.9 Å². The number of aryl methyl sites for hydroxylation is 1. The van der Waals surface area contributed by atoms with Gasteiger partial charge in [-0.05, 0) is 25.5 Å². The van der Waals surface area contributed by atoms with Crippen molar-refractivity contribution >= 4 is 5.91 Å². The highest BCUT2D eigenvalue weighted by Crippen LogP contribution is 2.19. The first kappa shape index (κ1) is 15.7. The van der Waals surface area contributed by atoms with E-state index in [0.717, 1.165) is 11.3 Å². The Hall–Kier alpha value is -2.19. The van der Waals surface area contributed by atoms with E-state index in [-0.39, 0.29) is 24.2 Å². The molecule has 8 heteroatoms. The Balaban J connectivity index is 1.73. The Bertz CT molecular complexity index is 681. The Morgan fingerprint density at radius 3 is 2.96 bits per heavy atom. The van der Waals surface area contributed by atoms with Crippen LogP contribution in [0, 0.1) is 6.92 Å². The maximum Gasteiger partial charge on any atom is 0.276 e. The zero-order chi connectivity index (χ0) is 16.4. The lowest BCUT2D eigenvalue weighted by Crippen LogP contribution is -2.30. The summed E-state index contributed by atoms with van der Waals surface area (Å²) in [5.74, 6) is 0.537. The van der Waals surface area contributed by atoms with Gasteiger partial charge in [-0.15, -0.1) is 5.10 Å². The Morgan fingerprint density at radius 2 is 2.35 bits per heavy atom. The van der Waals surface area contributed by atoms with Crippen LogP contribution in [0.5, 0.6) is 0 Å². The molecule has 1 fully saturated rings. The molecule has 0 saturated carbocycles. The van der Waals surface area contributed by atoms with Crippen LogP contribution in [0.2, 0.25) is 0 Å². The molecule has 124 valence electrons. The van der Waals surface area contributed by atoms with E-state index in [1.54, 1.807) is 17.4 Å². The summed E-state index contributed by atoms with van der Waals surface area (Å²) in [7, 11) is 0. The summed E-state index contributed by atoms with van der Waals surface area (Å²) < 4.78 is 12.1. The summed E-state index contributed by atoms with van der Waals surface area (Å²) >= 11 is 0. The molecule has 0 aliphatic carbocycles. The van der Waals surface area contributed by atoms with Crippen LogP contribution in [0.15, 0.2) is 22.9 Å². The van der Waals surface area contributed by atoms with Gasteiger partial charge in [-0.3, -0.25) is 4.79 Å². The number of aliphatic hydroxyl groups excluding tert-OH is 1. The molecule has 0 aromatic carbocycles. The molecular weight excluding hydrogens is 300 g/mol. The molecule has 1 saturated heterocycles. The van der Waals surface area contributed by atoms with Crippen LogP contribution in [0.25, 0.3) is 0 Å². The van der Waals surface area contributed by atoms with Crippen molar-refractivity contribution in [2.24, 2.45) is 0 Å². The van der Waals surface area contributed by atoms with Gasteiger partial charge in [0.2, 0.25) is 0 Å². The van der Waals surface area contributed by atoms with Crippen LogP contribution in [0.4, 0.5) is 0 Å². The zero-order valence-electron chi connectivity index (χ0n) is 13.2. The molecule has 1 N–H and O–H groups in total. The van der Waals surface area contributed by atoms with Gasteiger partial charge in [0.05, 0.1) is 32.2 Å². The van der Waals surface area contributed by atoms with Crippen LogP contribution >= 0.6 is 0 Å². The molecule has 2 atom stereocenters. The SMILES string of the molecule is CCN(Cc1occc1C)C(=O)c1cn([C@@H]2COC[C@H]2O)nn1. The average Bonchev–Trinajstić information content (AvgIpc) is 3.25. The van der Waals surface area contributed by atoms with Crippen molar-refractivity contribution in [2.75, 3.05) is 19.8 Å². The second-order valence-electron chi connectivity index (χ2n) is 5.60. The van der Waals surface area contributed by atoms with Crippen LogP contribution in [-0.4, -0.2) is 56.8 Å². The minimum absolute atomic E-state index is 0.219. The van der Waals surface area contributed by atoms with Gasteiger partial charge in [-0.1, -0.05) is 5.21 Å². The summed E-state index contributed by atoms with van der Waals surface area (Å²) in [5.41, 5.74) is 1.25. The predicted octanol–water partition coefficient (Wildman–Crippen LogP) is 0.774. The van der Waals surface area contributed by atoms with Crippen LogP contribution < -0.4 is 0 Å². The van der Waals surface area contributed by atoms with Crippen molar-refractivity contribution in [3.63, 3.8) is 0 Å². The summed E-state index contributed by atoms with van der Waals surface area (Å²) in [6.45, 7) is 5.38. The first-order valence-electron chi connectivity index (χ1n) is 7.60. The number of aliphatic hydroxyl groups is 1. The van der Waals surface area contributed by atoms with Crippen molar-refractivity contribution in [3.8, 4) is 0 Å². The highest BCUT2D eigenvalue weighted by atomic mass is 16.5. The molecular formula is C15H20N4O4. The molecule has 0 spiro atoms. The maximum absolute atomic E-state index is 12.6. The van der Waals surface area contributed by atoms with E-state index >= 15 is 0 Å². The molecule has 0 bridgehead atoms. The Labute approximate surface area is 133 Å². The standard InChI is InChI=1S/C15H20N4O4/c1-3-18(7-14-10(2)4-5-23-14)15(21)11-6-19(17-16-11)12-8-22-9-13(12)20/h4-6,12-13,20H,3,7-9H2,1-2H3/t12-,13-/m1/s1. The zero-order valence-corrected chi connectivity index (χ0v) is 13.2. The van der Waals surface area contributed by atoms with Gasteiger partial charge >= 0.3 is 0 Å². The first-order chi connectivity index (χ1) is 11.1. The molecule has 2 aromatic heterocycles. The molecule has 3 rings (SSSR count). The highest BCUT2D eigenvalue weighted by molar-refractivity contribution is 5.91. The third kappa shape index (κ3) is 3.13. The maximum atomic E-state index is 12.6. The fourth-order valence-electron chi connectivity index (χ4n) is 2.55. The van der Waals surface area contributed by atoms with Crippen molar-refractivity contribution in [1.29, 1.82) is 0 Å². The Kier molecular flexibility index (Phi) is 4.44. The van der Waals surface area contributed by atoms with Crippen molar-refractivity contribution in [2.45, 2.75) is 32.5 Å². The van der Waals surface area contributed by atoms with E-state index < -0.39 is 6.10 Å². The monoisotopic (exact) mass is 320 g/mol. The molecule has 1 aliphatic rings. The number of carbonyl (C=O) groups is 1. The van der Waals surface area contributed by atoms with Crippen molar-refractivity contribution in [1.82, 2.24) is 19.9 Å². The van der Waals surface area contributed by atoms with Crippen molar-refractivity contribution in [3.05, 3.63) is 35.5 Å². The predicted molar refractivity (Wildman–Crippen MR) is 79.7 cm³/mol. The number of rotatable bonds is 5. The summed E-state index contributed by atoms with van der Waals surface area (Å²) in [4.78, 5) is 14.2. The van der Waals surface area contributed by atoms with Gasteiger partial charge in [-0.25, -0.2) is 4.68 Å². The fourth-order valence-corrected chi connectivity index (χ4v) is 2.55. The minimum atomic E-state index is -0.632. The van der Waals surface area contributed by atoms with E-state index in [1.165, 1.54) is 4.68 Å². The number of aromatic nitrogens is 3. The van der Waals surface area contributed by atoms with Crippen molar-refractivity contribution < 1.29 is 19.1 Å². The van der Waals surface area contributed by atoms with E-state index in [9.17, 15) is 9.90 Å². The quantitative estimate of drug-likeness (QED) is 0.875. The molecule has 1 amide bonds. The van der Waals surface area contributed by atoms with Crippen LogP contribution in [-0.2, 0) is 11.3 Å². The molecule has 0 radical (unpaired) electrons. The molecule has 8 nitrogen and oxygen atoms in total. The lowest BCUT2D eigenvalue weighted by Gasteiger charge is -2.18. The number of furan rings is 1. The number of nitrogens with zero attached hydrogens (tertiary/aromatic N) is 4. The lowest BCUT2D eigenvalue weighted by atomic mass is 10.2.